The van der Waals surface area contributed by atoms with Gasteiger partial charge in [-0.05, 0) is 36.4 Å². The van der Waals surface area contributed by atoms with Crippen molar-refractivity contribution in [3.05, 3.63) is 95.9 Å². The summed E-state index contributed by atoms with van der Waals surface area (Å²) in [5, 5.41) is 12.1. The van der Waals surface area contributed by atoms with Gasteiger partial charge in [-0.15, -0.1) is 0 Å². The number of esters is 2. The maximum atomic E-state index is 12.8. The summed E-state index contributed by atoms with van der Waals surface area (Å²) in [6, 6.07) is 18.5. The Labute approximate surface area is 182 Å². The van der Waals surface area contributed by atoms with Crippen LogP contribution in [0.25, 0.3) is 0 Å². The van der Waals surface area contributed by atoms with E-state index in [1.165, 1.54) is 30.5 Å². The highest BCUT2D eigenvalue weighted by molar-refractivity contribution is 5.96. The molecular weight excluding hydrogens is 418 g/mol. The summed E-state index contributed by atoms with van der Waals surface area (Å²) in [7, 11) is 0. The molecule has 0 saturated carbocycles. The Morgan fingerprint density at radius 3 is 1.78 bits per heavy atom. The van der Waals surface area contributed by atoms with Crippen molar-refractivity contribution in [1.82, 2.24) is 5.32 Å². The molecule has 0 fully saturated rings. The second kappa shape index (κ2) is 10.6. The summed E-state index contributed by atoms with van der Waals surface area (Å²) in [6.07, 6.45) is -2.65. The van der Waals surface area contributed by atoms with Crippen molar-refractivity contribution in [2.24, 2.45) is 0 Å². The lowest BCUT2D eigenvalue weighted by atomic mass is 10.1. The average molecular weight is 437 g/mol. The molecule has 0 bridgehead atoms. The zero-order valence-corrected chi connectivity index (χ0v) is 16.7. The van der Waals surface area contributed by atoms with Gasteiger partial charge in [-0.1, -0.05) is 36.4 Å². The first-order valence-corrected chi connectivity index (χ1v) is 9.50. The van der Waals surface area contributed by atoms with Crippen molar-refractivity contribution in [2.75, 3.05) is 0 Å². The normalized spacial score (nSPS) is 12.2. The molecule has 1 heterocycles. The monoisotopic (exact) mass is 437 g/mol. The van der Waals surface area contributed by atoms with Gasteiger partial charge in [0.1, 0.15) is 5.76 Å². The van der Waals surface area contributed by atoms with Crippen LogP contribution in [0.15, 0.2) is 83.5 Å². The van der Waals surface area contributed by atoms with Crippen LogP contribution in [0.2, 0.25) is 0 Å². The van der Waals surface area contributed by atoms with Gasteiger partial charge in [0.15, 0.2) is 0 Å². The second-order valence-corrected chi connectivity index (χ2v) is 6.52. The van der Waals surface area contributed by atoms with Crippen LogP contribution < -0.4 is 5.32 Å². The minimum absolute atomic E-state index is 0.0721. The van der Waals surface area contributed by atoms with Gasteiger partial charge in [-0.2, -0.15) is 0 Å². The van der Waals surface area contributed by atoms with Gasteiger partial charge in [-0.25, -0.2) is 14.4 Å². The molecule has 2 aromatic carbocycles. The number of ether oxygens (including phenoxy) is 2. The number of aliphatic carboxylic acids is 1. The lowest BCUT2D eigenvalue weighted by molar-refractivity contribution is -0.159. The van der Waals surface area contributed by atoms with Crippen molar-refractivity contribution in [2.45, 2.75) is 18.8 Å². The van der Waals surface area contributed by atoms with E-state index in [-0.39, 0.29) is 17.7 Å². The maximum absolute atomic E-state index is 12.8. The fraction of sp³-hybridized carbons (Fsp3) is 0.130. The van der Waals surface area contributed by atoms with E-state index in [0.29, 0.717) is 5.76 Å². The van der Waals surface area contributed by atoms with Gasteiger partial charge in [-0.3, -0.25) is 4.79 Å². The summed E-state index contributed by atoms with van der Waals surface area (Å²) < 4.78 is 15.4. The van der Waals surface area contributed by atoms with Crippen LogP contribution in [0.1, 0.15) is 26.5 Å². The number of carboxylic acids is 1. The number of furan rings is 1. The first-order valence-electron chi connectivity index (χ1n) is 9.50. The third-order valence-corrected chi connectivity index (χ3v) is 4.28. The van der Waals surface area contributed by atoms with Crippen molar-refractivity contribution in [3.63, 3.8) is 0 Å². The van der Waals surface area contributed by atoms with Crippen LogP contribution >= 0.6 is 0 Å². The Morgan fingerprint density at radius 2 is 1.31 bits per heavy atom. The van der Waals surface area contributed by atoms with Crippen LogP contribution in [0.5, 0.6) is 0 Å². The molecule has 9 nitrogen and oxygen atoms in total. The Morgan fingerprint density at radius 1 is 0.781 bits per heavy atom. The molecule has 164 valence electrons. The fourth-order valence-corrected chi connectivity index (χ4v) is 2.70. The van der Waals surface area contributed by atoms with E-state index < -0.39 is 36.0 Å². The van der Waals surface area contributed by atoms with E-state index in [1.807, 2.05) is 0 Å². The van der Waals surface area contributed by atoms with Crippen molar-refractivity contribution < 1.29 is 38.2 Å². The van der Waals surface area contributed by atoms with E-state index in [4.69, 9.17) is 13.9 Å². The highest BCUT2D eigenvalue weighted by Crippen LogP contribution is 2.14. The quantitative estimate of drug-likeness (QED) is 0.488. The average Bonchev–Trinajstić information content (AvgIpc) is 3.34. The molecule has 9 heteroatoms. The Hall–Kier alpha value is -4.40. The topological polar surface area (TPSA) is 132 Å². The number of hydrogen-bond acceptors (Lipinski definition) is 7. The second-order valence-electron chi connectivity index (χ2n) is 6.52. The predicted octanol–water partition coefficient (Wildman–Crippen LogP) is 2.43. The van der Waals surface area contributed by atoms with E-state index >= 15 is 0 Å². The number of rotatable bonds is 9. The van der Waals surface area contributed by atoms with E-state index in [0.717, 1.165) is 0 Å². The molecule has 1 amide bonds. The molecule has 2 atom stereocenters. The van der Waals surface area contributed by atoms with Crippen molar-refractivity contribution in [3.8, 4) is 0 Å². The number of hydrogen-bond donors (Lipinski definition) is 2. The highest BCUT2D eigenvalue weighted by Gasteiger charge is 2.40. The minimum atomic E-state index is -2.09. The Balaban J connectivity index is 1.83. The molecule has 32 heavy (non-hydrogen) atoms. The third-order valence-electron chi connectivity index (χ3n) is 4.28. The van der Waals surface area contributed by atoms with Gasteiger partial charge in [0.25, 0.3) is 5.91 Å². The molecule has 3 rings (SSSR count). The van der Waals surface area contributed by atoms with Gasteiger partial charge < -0.3 is 24.3 Å². The van der Waals surface area contributed by atoms with Crippen molar-refractivity contribution in [1.29, 1.82) is 0 Å². The van der Waals surface area contributed by atoms with Crippen molar-refractivity contribution >= 4 is 23.8 Å². The first kappa shape index (κ1) is 22.3. The summed E-state index contributed by atoms with van der Waals surface area (Å²) in [6.45, 7) is -0.0931. The molecule has 1 aromatic heterocycles. The standard InChI is InChI=1S/C23H19NO8/c25-20(24-14-17-12-7-13-30-17)18(31-22(28)15-8-3-1-4-9-15)19(21(26)27)32-23(29)16-10-5-2-6-11-16/h1-13,18-19H,14H2,(H,24,25)(H,26,27)/t18-,19+/m0/s1. The number of benzene rings is 2. The lowest BCUT2D eigenvalue weighted by Gasteiger charge is -2.23. The number of nitrogens with one attached hydrogen (secondary N) is 1. The number of amides is 1. The summed E-state index contributed by atoms with van der Waals surface area (Å²) in [5.74, 6) is -4.18. The number of carboxylic acid groups (broad SMARTS) is 1. The lowest BCUT2D eigenvalue weighted by Crippen LogP contribution is -2.50. The molecule has 0 radical (unpaired) electrons. The molecular formula is C23H19NO8. The Kier molecular flexibility index (Phi) is 7.37. The largest absolute Gasteiger partial charge is 0.478 e. The van der Waals surface area contributed by atoms with E-state index in [9.17, 15) is 24.3 Å². The zero-order valence-electron chi connectivity index (χ0n) is 16.7. The third kappa shape index (κ3) is 5.82. The van der Waals surface area contributed by atoms with Crippen LogP contribution in [-0.4, -0.2) is 41.1 Å². The molecule has 0 aliphatic heterocycles. The predicted molar refractivity (Wildman–Crippen MR) is 109 cm³/mol. The SMILES string of the molecule is O=C(O[C@H](C(=O)NCc1ccco1)[C@@H](OC(=O)c1ccccc1)C(=O)O)c1ccccc1. The fourth-order valence-electron chi connectivity index (χ4n) is 2.70. The first-order chi connectivity index (χ1) is 15.5. The van der Waals surface area contributed by atoms with Gasteiger partial charge >= 0.3 is 17.9 Å². The molecule has 0 unspecified atom stereocenters. The van der Waals surface area contributed by atoms with Crippen LogP contribution in [0.3, 0.4) is 0 Å². The molecule has 0 aliphatic carbocycles. The molecule has 0 aliphatic rings. The smallest absolute Gasteiger partial charge is 0.349 e. The summed E-state index contributed by atoms with van der Waals surface area (Å²) in [4.78, 5) is 49.6. The molecule has 3 aromatic rings. The van der Waals surface area contributed by atoms with Crippen LogP contribution in [0, 0.1) is 0 Å². The number of carbonyl (C=O) groups excluding carboxylic acids is 3. The van der Waals surface area contributed by atoms with E-state index in [2.05, 4.69) is 5.32 Å². The van der Waals surface area contributed by atoms with Gasteiger partial charge in [0.05, 0.1) is 23.9 Å². The summed E-state index contributed by atoms with van der Waals surface area (Å²) in [5.41, 5.74) is 0.165. The van der Waals surface area contributed by atoms with Crippen LogP contribution in [-0.2, 0) is 25.6 Å². The molecule has 0 spiro atoms. The number of carbonyl (C=O) groups is 4. The highest BCUT2D eigenvalue weighted by atomic mass is 16.6. The van der Waals surface area contributed by atoms with E-state index in [1.54, 1.807) is 48.5 Å². The van der Waals surface area contributed by atoms with Gasteiger partial charge in [0, 0.05) is 0 Å². The van der Waals surface area contributed by atoms with Crippen LogP contribution in [0.4, 0.5) is 0 Å². The van der Waals surface area contributed by atoms with Gasteiger partial charge in [0.2, 0.25) is 12.2 Å². The molecule has 0 saturated heterocycles. The maximum Gasteiger partial charge on any atom is 0.349 e. The zero-order chi connectivity index (χ0) is 22.9. The summed E-state index contributed by atoms with van der Waals surface area (Å²) >= 11 is 0. The Bertz CT molecular complexity index is 1060. The molecule has 2 N–H and O–H groups in total. The minimum Gasteiger partial charge on any atom is -0.478 e.